The third-order valence-corrected chi connectivity index (χ3v) is 4.37. The van der Waals surface area contributed by atoms with Crippen molar-refractivity contribution in [3.05, 3.63) is 29.3 Å². The van der Waals surface area contributed by atoms with Gasteiger partial charge in [0, 0.05) is 37.8 Å². The number of methoxy groups -OCH3 is 2. The Hall–Kier alpha value is -1.75. The van der Waals surface area contributed by atoms with E-state index in [9.17, 15) is 0 Å². The summed E-state index contributed by atoms with van der Waals surface area (Å²) in [6.07, 6.45) is 0. The van der Waals surface area contributed by atoms with Crippen molar-refractivity contribution in [3.8, 4) is 11.5 Å². The highest BCUT2D eigenvalue weighted by Crippen LogP contribution is 2.29. The summed E-state index contributed by atoms with van der Waals surface area (Å²) < 4.78 is 10.6. The van der Waals surface area contributed by atoms with Crippen LogP contribution in [0.1, 0.15) is 12.6 Å². The summed E-state index contributed by atoms with van der Waals surface area (Å²) in [7, 11) is 7.20. The number of aromatic nitrogens is 1. The van der Waals surface area contributed by atoms with Gasteiger partial charge in [0.05, 0.1) is 26.5 Å². The number of hydrogen-bond acceptors (Lipinski definition) is 6. The third-order valence-electron chi connectivity index (χ3n) is 3.31. The van der Waals surface area contributed by atoms with E-state index >= 15 is 0 Å². The normalized spacial score (nSPS) is 10.7. The Bertz CT molecular complexity index is 721. The zero-order valence-corrected chi connectivity index (χ0v) is 18.8. The molecule has 2 rings (SSSR count). The molecule has 0 aliphatic rings. The van der Waals surface area contributed by atoms with Crippen molar-refractivity contribution < 1.29 is 9.47 Å². The molecule has 0 bridgehead atoms. The van der Waals surface area contributed by atoms with Crippen molar-refractivity contribution >= 4 is 52.1 Å². The number of nitrogens with zero attached hydrogens (tertiary/aromatic N) is 3. The fraction of sp³-hybridized carbons (Fsp3) is 0.412. The maximum atomic E-state index is 5.33. The van der Waals surface area contributed by atoms with Crippen LogP contribution < -0.4 is 25.0 Å². The maximum absolute atomic E-state index is 5.33. The van der Waals surface area contributed by atoms with Gasteiger partial charge in [0.25, 0.3) is 0 Å². The fourth-order valence-corrected chi connectivity index (χ4v) is 2.84. The van der Waals surface area contributed by atoms with Crippen molar-refractivity contribution in [1.29, 1.82) is 0 Å². The second kappa shape index (κ2) is 11.1. The van der Waals surface area contributed by atoms with E-state index < -0.39 is 0 Å². The lowest BCUT2D eigenvalue weighted by atomic mass is 10.3. The molecule has 0 radical (unpaired) electrons. The molecule has 7 nitrogen and oxygen atoms in total. The number of anilines is 2. The van der Waals surface area contributed by atoms with Crippen LogP contribution >= 0.6 is 35.3 Å². The van der Waals surface area contributed by atoms with Gasteiger partial charge in [-0.3, -0.25) is 0 Å². The Morgan fingerprint density at radius 3 is 2.54 bits per heavy atom. The van der Waals surface area contributed by atoms with E-state index in [1.165, 1.54) is 0 Å². The van der Waals surface area contributed by atoms with Gasteiger partial charge in [0.2, 0.25) is 0 Å². The van der Waals surface area contributed by atoms with Crippen molar-refractivity contribution in [2.24, 2.45) is 4.99 Å². The molecular formula is C17H26IN5O2S. The molecule has 1 heterocycles. The molecule has 0 spiro atoms. The molecule has 2 N–H and O–H groups in total. The summed E-state index contributed by atoms with van der Waals surface area (Å²) in [6, 6.07) is 5.65. The van der Waals surface area contributed by atoms with Crippen molar-refractivity contribution in [3.63, 3.8) is 0 Å². The minimum absolute atomic E-state index is 0. The predicted octanol–water partition coefficient (Wildman–Crippen LogP) is 3.42. The maximum Gasteiger partial charge on any atom is 0.196 e. The molecule has 144 valence electrons. The number of ether oxygens (including phenoxy) is 2. The van der Waals surface area contributed by atoms with Gasteiger partial charge in [-0.1, -0.05) is 0 Å². The van der Waals surface area contributed by atoms with Gasteiger partial charge in [-0.2, -0.15) is 0 Å². The first kappa shape index (κ1) is 22.3. The van der Waals surface area contributed by atoms with Crippen LogP contribution in [-0.2, 0) is 6.54 Å². The molecular weight excluding hydrogens is 465 g/mol. The average molecular weight is 491 g/mol. The monoisotopic (exact) mass is 491 g/mol. The first-order valence-electron chi connectivity index (χ1n) is 7.96. The number of guanidine groups is 1. The van der Waals surface area contributed by atoms with Gasteiger partial charge < -0.3 is 25.0 Å². The van der Waals surface area contributed by atoms with Crippen LogP contribution in [-0.4, -0.2) is 45.8 Å². The molecule has 0 saturated heterocycles. The van der Waals surface area contributed by atoms with E-state index in [4.69, 9.17) is 9.47 Å². The fourth-order valence-electron chi connectivity index (χ4n) is 2.09. The molecule has 0 atom stereocenters. The van der Waals surface area contributed by atoms with Gasteiger partial charge in [0.15, 0.2) is 22.6 Å². The standard InChI is InChI=1S/C17H25N5O2S.HI/c1-6-18-16(19-10-13-11-25-17(21-13)22(2)3)20-12-7-8-14(23-4)15(9-12)24-5;/h7-9,11H,6,10H2,1-5H3,(H2,18,19,20);1H. The van der Waals surface area contributed by atoms with E-state index in [-0.39, 0.29) is 24.0 Å². The molecule has 0 aliphatic heterocycles. The molecule has 9 heteroatoms. The Kier molecular flexibility index (Phi) is 9.49. The molecule has 26 heavy (non-hydrogen) atoms. The molecule has 0 amide bonds. The Morgan fingerprint density at radius 2 is 1.96 bits per heavy atom. The van der Waals surface area contributed by atoms with E-state index in [0.717, 1.165) is 23.1 Å². The summed E-state index contributed by atoms with van der Waals surface area (Å²) in [5, 5.41) is 9.50. The van der Waals surface area contributed by atoms with Crippen LogP contribution in [0.3, 0.4) is 0 Å². The number of nitrogens with one attached hydrogen (secondary N) is 2. The third kappa shape index (κ3) is 6.20. The average Bonchev–Trinajstić information content (AvgIpc) is 3.09. The summed E-state index contributed by atoms with van der Waals surface area (Å²) in [6.45, 7) is 3.30. The van der Waals surface area contributed by atoms with Crippen molar-refractivity contribution in [2.75, 3.05) is 45.1 Å². The summed E-state index contributed by atoms with van der Waals surface area (Å²) in [5.74, 6) is 2.04. The Balaban J connectivity index is 0.00000338. The van der Waals surface area contributed by atoms with Crippen LogP contribution in [0.25, 0.3) is 0 Å². The van der Waals surface area contributed by atoms with Gasteiger partial charge in [-0.15, -0.1) is 35.3 Å². The quantitative estimate of drug-likeness (QED) is 0.352. The summed E-state index contributed by atoms with van der Waals surface area (Å²) in [4.78, 5) is 11.1. The van der Waals surface area contributed by atoms with Crippen LogP contribution in [0, 0.1) is 0 Å². The number of halogens is 1. The second-order valence-electron chi connectivity index (χ2n) is 5.41. The molecule has 1 aromatic heterocycles. The predicted molar refractivity (Wildman–Crippen MR) is 120 cm³/mol. The van der Waals surface area contributed by atoms with Gasteiger partial charge in [-0.05, 0) is 19.1 Å². The highest BCUT2D eigenvalue weighted by molar-refractivity contribution is 14.0. The number of thiazole rings is 1. The molecule has 0 fully saturated rings. The van der Waals surface area contributed by atoms with E-state index in [1.807, 2.05) is 49.5 Å². The van der Waals surface area contributed by atoms with E-state index in [2.05, 4.69) is 20.6 Å². The highest BCUT2D eigenvalue weighted by Gasteiger charge is 2.07. The van der Waals surface area contributed by atoms with Crippen molar-refractivity contribution in [2.45, 2.75) is 13.5 Å². The number of aliphatic imine (C=N–C) groups is 1. The minimum Gasteiger partial charge on any atom is -0.493 e. The minimum atomic E-state index is 0. The van der Waals surface area contributed by atoms with Crippen LogP contribution in [0.5, 0.6) is 11.5 Å². The Labute approximate surface area is 175 Å². The lowest BCUT2D eigenvalue weighted by molar-refractivity contribution is 0.355. The SMILES string of the molecule is CCNC(=NCc1csc(N(C)C)n1)Nc1ccc(OC)c(OC)c1.I. The van der Waals surface area contributed by atoms with Crippen LogP contribution in [0.2, 0.25) is 0 Å². The highest BCUT2D eigenvalue weighted by atomic mass is 127. The molecule has 0 unspecified atom stereocenters. The van der Waals surface area contributed by atoms with Gasteiger partial charge in [0.1, 0.15) is 0 Å². The lowest BCUT2D eigenvalue weighted by Crippen LogP contribution is -2.30. The first-order chi connectivity index (χ1) is 12.1. The molecule has 2 aromatic rings. The lowest BCUT2D eigenvalue weighted by Gasteiger charge is -2.13. The number of hydrogen-bond donors (Lipinski definition) is 2. The molecule has 0 aliphatic carbocycles. The topological polar surface area (TPSA) is 71.0 Å². The molecule has 0 saturated carbocycles. The zero-order valence-electron chi connectivity index (χ0n) is 15.7. The largest absolute Gasteiger partial charge is 0.493 e. The van der Waals surface area contributed by atoms with Crippen LogP contribution in [0.15, 0.2) is 28.6 Å². The van der Waals surface area contributed by atoms with E-state index in [0.29, 0.717) is 24.0 Å². The summed E-state index contributed by atoms with van der Waals surface area (Å²) in [5.41, 5.74) is 1.81. The number of rotatable bonds is 7. The summed E-state index contributed by atoms with van der Waals surface area (Å²) >= 11 is 1.61. The van der Waals surface area contributed by atoms with Crippen molar-refractivity contribution in [1.82, 2.24) is 10.3 Å². The van der Waals surface area contributed by atoms with Crippen LogP contribution in [0.4, 0.5) is 10.8 Å². The molecule has 1 aromatic carbocycles. The van der Waals surface area contributed by atoms with Gasteiger partial charge in [-0.25, -0.2) is 9.98 Å². The van der Waals surface area contributed by atoms with Gasteiger partial charge >= 0.3 is 0 Å². The number of benzene rings is 1. The second-order valence-corrected chi connectivity index (χ2v) is 6.24. The van der Waals surface area contributed by atoms with E-state index in [1.54, 1.807) is 25.6 Å². The first-order valence-corrected chi connectivity index (χ1v) is 8.84. The zero-order chi connectivity index (χ0) is 18.2. The Morgan fingerprint density at radius 1 is 1.23 bits per heavy atom. The smallest absolute Gasteiger partial charge is 0.196 e.